The molecule has 9 nitrogen and oxygen atoms in total. The largest absolute Gasteiger partial charge is 0.497 e. The molecular formula is C25H25N5O4. The summed E-state index contributed by atoms with van der Waals surface area (Å²) in [5.41, 5.74) is 4.20. The van der Waals surface area contributed by atoms with Gasteiger partial charge in [0.1, 0.15) is 11.6 Å². The Hall–Kier alpha value is -4.40. The first-order chi connectivity index (χ1) is 16.5. The SMILES string of the molecule is COc1ccc(CNc2ncc3c(c2C=N)CCN(C(=O)Nc2cccc(C(=O)O)c2)C3)cc1. The number of carboxylic acid groups (broad SMARTS) is 1. The van der Waals surface area contributed by atoms with E-state index in [9.17, 15) is 9.59 Å². The molecule has 0 aliphatic carbocycles. The van der Waals surface area contributed by atoms with E-state index in [1.54, 1.807) is 30.3 Å². The topological polar surface area (TPSA) is 128 Å². The fourth-order valence-electron chi connectivity index (χ4n) is 3.90. The Labute approximate surface area is 196 Å². The molecule has 2 heterocycles. The fourth-order valence-corrected chi connectivity index (χ4v) is 3.90. The minimum absolute atomic E-state index is 0.108. The van der Waals surface area contributed by atoms with Crippen LogP contribution in [0.1, 0.15) is 32.6 Å². The number of pyridine rings is 1. The van der Waals surface area contributed by atoms with Gasteiger partial charge < -0.3 is 30.8 Å². The smallest absolute Gasteiger partial charge is 0.335 e. The number of nitrogens with zero attached hydrogens (tertiary/aromatic N) is 2. The molecule has 0 saturated carbocycles. The predicted octanol–water partition coefficient (Wildman–Crippen LogP) is 3.99. The minimum Gasteiger partial charge on any atom is -0.497 e. The second-order valence-electron chi connectivity index (χ2n) is 7.86. The summed E-state index contributed by atoms with van der Waals surface area (Å²) in [7, 11) is 1.63. The van der Waals surface area contributed by atoms with Crippen LogP contribution in [0.3, 0.4) is 0 Å². The van der Waals surface area contributed by atoms with E-state index in [2.05, 4.69) is 15.6 Å². The number of carbonyl (C=O) groups excluding carboxylic acids is 1. The van der Waals surface area contributed by atoms with Gasteiger partial charge in [-0.25, -0.2) is 14.6 Å². The number of amides is 2. The summed E-state index contributed by atoms with van der Waals surface area (Å²) >= 11 is 0. The van der Waals surface area contributed by atoms with E-state index in [0.29, 0.717) is 37.6 Å². The number of hydrogen-bond donors (Lipinski definition) is 4. The van der Waals surface area contributed by atoms with Crippen molar-refractivity contribution in [3.8, 4) is 5.75 Å². The zero-order valence-electron chi connectivity index (χ0n) is 18.7. The van der Waals surface area contributed by atoms with Gasteiger partial charge in [0, 0.05) is 43.3 Å². The number of ether oxygens (including phenoxy) is 1. The van der Waals surface area contributed by atoms with Crippen molar-refractivity contribution in [2.75, 3.05) is 24.3 Å². The maximum atomic E-state index is 12.8. The number of methoxy groups -OCH3 is 1. The number of nitrogens with one attached hydrogen (secondary N) is 3. The van der Waals surface area contributed by atoms with Gasteiger partial charge in [-0.05, 0) is 53.4 Å². The number of urea groups is 1. The van der Waals surface area contributed by atoms with Crippen LogP contribution >= 0.6 is 0 Å². The molecule has 0 atom stereocenters. The molecule has 3 aromatic rings. The first-order valence-electron chi connectivity index (χ1n) is 10.8. The van der Waals surface area contributed by atoms with Gasteiger partial charge >= 0.3 is 12.0 Å². The van der Waals surface area contributed by atoms with E-state index in [1.165, 1.54) is 18.3 Å². The van der Waals surface area contributed by atoms with Crippen LogP contribution in [0.4, 0.5) is 16.3 Å². The lowest BCUT2D eigenvalue weighted by molar-refractivity contribution is 0.0697. The molecule has 4 rings (SSSR count). The molecule has 174 valence electrons. The summed E-state index contributed by atoms with van der Waals surface area (Å²) in [6.45, 7) is 1.38. The monoisotopic (exact) mass is 459 g/mol. The summed E-state index contributed by atoms with van der Waals surface area (Å²) in [5, 5.41) is 23.1. The highest BCUT2D eigenvalue weighted by molar-refractivity contribution is 5.93. The summed E-state index contributed by atoms with van der Waals surface area (Å²) in [6, 6.07) is 13.6. The lowest BCUT2D eigenvalue weighted by Crippen LogP contribution is -2.39. The van der Waals surface area contributed by atoms with Crippen molar-refractivity contribution in [1.29, 1.82) is 5.41 Å². The molecule has 1 aliphatic rings. The Morgan fingerprint density at radius 2 is 2.03 bits per heavy atom. The number of hydrogen-bond acceptors (Lipinski definition) is 6. The number of aromatic carboxylic acids is 1. The van der Waals surface area contributed by atoms with Gasteiger partial charge in [-0.1, -0.05) is 18.2 Å². The highest BCUT2D eigenvalue weighted by Gasteiger charge is 2.24. The van der Waals surface area contributed by atoms with Crippen LogP contribution in [0, 0.1) is 5.41 Å². The summed E-state index contributed by atoms with van der Waals surface area (Å²) < 4.78 is 5.19. The van der Waals surface area contributed by atoms with Crippen LogP contribution in [-0.2, 0) is 19.5 Å². The molecule has 1 aliphatic heterocycles. The molecular weight excluding hydrogens is 434 g/mol. The first-order valence-corrected chi connectivity index (χ1v) is 10.8. The maximum Gasteiger partial charge on any atom is 0.335 e. The van der Waals surface area contributed by atoms with Crippen molar-refractivity contribution in [2.24, 2.45) is 0 Å². The molecule has 0 unspecified atom stereocenters. The Kier molecular flexibility index (Phi) is 6.72. The molecule has 2 aromatic carbocycles. The molecule has 0 spiro atoms. The third-order valence-electron chi connectivity index (χ3n) is 5.72. The zero-order valence-corrected chi connectivity index (χ0v) is 18.7. The standard InChI is InChI=1S/C25H25N5O4/c1-34-20-7-5-16(6-8-20)13-27-23-22(12-26)21-9-10-30(15-18(21)14-28-23)25(33)29-19-4-2-3-17(11-19)24(31)32/h2-8,11-12,14,26H,9-10,13,15H2,1H3,(H,27,28)(H,29,33)(H,31,32). The zero-order chi connectivity index (χ0) is 24.1. The van der Waals surface area contributed by atoms with Gasteiger partial charge in [0.25, 0.3) is 0 Å². The average Bonchev–Trinajstić information content (AvgIpc) is 2.87. The maximum absolute atomic E-state index is 12.8. The number of benzene rings is 2. The highest BCUT2D eigenvalue weighted by Crippen LogP contribution is 2.26. The number of aromatic nitrogens is 1. The Bertz CT molecular complexity index is 1230. The van der Waals surface area contributed by atoms with Gasteiger partial charge in [0.2, 0.25) is 0 Å². The van der Waals surface area contributed by atoms with Crippen LogP contribution < -0.4 is 15.4 Å². The van der Waals surface area contributed by atoms with Crippen molar-refractivity contribution < 1.29 is 19.4 Å². The lowest BCUT2D eigenvalue weighted by Gasteiger charge is -2.30. The molecule has 0 bridgehead atoms. The number of fused-ring (bicyclic) bond motifs is 1. The van der Waals surface area contributed by atoms with Crippen molar-refractivity contribution in [2.45, 2.75) is 19.5 Å². The van der Waals surface area contributed by atoms with Crippen molar-refractivity contribution in [3.63, 3.8) is 0 Å². The number of rotatable bonds is 7. The number of carboxylic acids is 1. The molecule has 9 heteroatoms. The molecule has 4 N–H and O–H groups in total. The van der Waals surface area contributed by atoms with Crippen LogP contribution in [0.5, 0.6) is 5.75 Å². The predicted molar refractivity (Wildman–Crippen MR) is 129 cm³/mol. The molecule has 0 radical (unpaired) electrons. The van der Waals surface area contributed by atoms with Crippen molar-refractivity contribution in [1.82, 2.24) is 9.88 Å². The lowest BCUT2D eigenvalue weighted by atomic mass is 9.97. The van der Waals surface area contributed by atoms with E-state index < -0.39 is 5.97 Å². The molecule has 0 saturated heterocycles. The molecule has 2 amide bonds. The van der Waals surface area contributed by atoms with Crippen molar-refractivity contribution in [3.05, 3.63) is 82.5 Å². The fraction of sp³-hybridized carbons (Fsp3) is 0.200. The second kappa shape index (κ2) is 10.0. The second-order valence-corrected chi connectivity index (χ2v) is 7.86. The van der Waals surface area contributed by atoms with E-state index in [4.69, 9.17) is 15.3 Å². The van der Waals surface area contributed by atoms with Crippen molar-refractivity contribution >= 4 is 29.7 Å². The van der Waals surface area contributed by atoms with Gasteiger partial charge in [0.05, 0.1) is 12.7 Å². The highest BCUT2D eigenvalue weighted by atomic mass is 16.5. The van der Waals surface area contributed by atoms with E-state index in [-0.39, 0.29) is 11.6 Å². The van der Waals surface area contributed by atoms with Crippen LogP contribution in [0.15, 0.2) is 54.7 Å². The third-order valence-corrected chi connectivity index (χ3v) is 5.72. The third kappa shape index (κ3) is 4.98. The van der Waals surface area contributed by atoms with Crippen LogP contribution in [-0.4, -0.2) is 46.9 Å². The van der Waals surface area contributed by atoms with Crippen LogP contribution in [0.25, 0.3) is 0 Å². The Morgan fingerprint density at radius 3 is 2.74 bits per heavy atom. The quantitative estimate of drug-likeness (QED) is 0.396. The van der Waals surface area contributed by atoms with Gasteiger partial charge in [-0.3, -0.25) is 0 Å². The van der Waals surface area contributed by atoms with Gasteiger partial charge in [0.15, 0.2) is 0 Å². The Balaban J connectivity index is 1.44. The Morgan fingerprint density at radius 1 is 1.24 bits per heavy atom. The number of anilines is 2. The van der Waals surface area contributed by atoms with Gasteiger partial charge in [-0.2, -0.15) is 0 Å². The van der Waals surface area contributed by atoms with E-state index in [1.807, 2.05) is 24.3 Å². The summed E-state index contributed by atoms with van der Waals surface area (Å²) in [5.74, 6) is 0.372. The normalized spacial score (nSPS) is 12.4. The first kappa shape index (κ1) is 22.8. The number of carbonyl (C=O) groups is 2. The van der Waals surface area contributed by atoms with Crippen LogP contribution in [0.2, 0.25) is 0 Å². The summed E-state index contributed by atoms with van der Waals surface area (Å²) in [4.78, 5) is 30.1. The average molecular weight is 460 g/mol. The van der Waals surface area contributed by atoms with E-state index in [0.717, 1.165) is 28.0 Å². The molecule has 34 heavy (non-hydrogen) atoms. The van der Waals surface area contributed by atoms with Gasteiger partial charge in [-0.15, -0.1) is 0 Å². The summed E-state index contributed by atoms with van der Waals surface area (Å²) in [6.07, 6.45) is 3.63. The minimum atomic E-state index is -1.05. The molecule has 1 aromatic heterocycles. The molecule has 0 fully saturated rings. The van der Waals surface area contributed by atoms with E-state index >= 15 is 0 Å².